The zero-order valence-corrected chi connectivity index (χ0v) is 26.7. The Morgan fingerprint density at radius 1 is 0.809 bits per heavy atom. The number of halogens is 1. The summed E-state index contributed by atoms with van der Waals surface area (Å²) < 4.78 is 18.5. The van der Waals surface area contributed by atoms with Crippen LogP contribution in [0.3, 0.4) is 0 Å². The summed E-state index contributed by atoms with van der Waals surface area (Å²) in [6, 6.07) is 18.7. The fourth-order valence-corrected chi connectivity index (χ4v) is 5.04. The Kier molecular flexibility index (Phi) is 11.9. The minimum Gasteiger partial charge on any atom is -0.466 e. The second-order valence-electron chi connectivity index (χ2n) is 10.7. The van der Waals surface area contributed by atoms with Crippen LogP contribution in [0.15, 0.2) is 66.7 Å². The maximum atomic E-state index is 13.4. The summed E-state index contributed by atoms with van der Waals surface area (Å²) in [5, 5.41) is 0. The first-order chi connectivity index (χ1) is 22.6. The molecule has 1 aliphatic rings. The van der Waals surface area contributed by atoms with Gasteiger partial charge in [0.15, 0.2) is 0 Å². The van der Waals surface area contributed by atoms with Crippen molar-refractivity contribution in [2.75, 3.05) is 42.6 Å². The van der Waals surface area contributed by atoms with Crippen LogP contribution in [-0.4, -0.2) is 70.5 Å². The van der Waals surface area contributed by atoms with Crippen molar-refractivity contribution < 1.29 is 23.5 Å². The van der Waals surface area contributed by atoms with Crippen molar-refractivity contribution in [1.29, 1.82) is 0 Å². The van der Waals surface area contributed by atoms with Crippen LogP contribution in [-0.2, 0) is 9.53 Å². The van der Waals surface area contributed by atoms with Gasteiger partial charge in [-0.2, -0.15) is 0 Å². The average Bonchev–Trinajstić information content (AvgIpc) is 3.09. The molecule has 0 saturated carbocycles. The molecule has 0 spiro atoms. The predicted molar refractivity (Wildman–Crippen MR) is 177 cm³/mol. The molecule has 0 radical (unpaired) electrons. The van der Waals surface area contributed by atoms with Crippen LogP contribution in [0, 0.1) is 11.7 Å². The molecule has 3 heterocycles. The molecule has 47 heavy (non-hydrogen) atoms. The van der Waals surface area contributed by atoms with Crippen LogP contribution in [0.1, 0.15) is 54.6 Å². The molecule has 0 unspecified atom stereocenters. The lowest BCUT2D eigenvalue weighted by Gasteiger charge is -2.31. The zero-order chi connectivity index (χ0) is 33.9. The van der Waals surface area contributed by atoms with Crippen molar-refractivity contribution in [3.05, 3.63) is 83.9 Å². The number of esters is 1. The van der Waals surface area contributed by atoms with Gasteiger partial charge in [0, 0.05) is 37.3 Å². The average molecular weight is 643 g/mol. The number of anilines is 2. The summed E-state index contributed by atoms with van der Waals surface area (Å²) in [4.78, 5) is 56.4. The van der Waals surface area contributed by atoms with Crippen LogP contribution >= 0.6 is 0 Å². The van der Waals surface area contributed by atoms with Crippen LogP contribution in [0.5, 0.6) is 0 Å². The molecule has 4 aromatic rings. The van der Waals surface area contributed by atoms with Crippen LogP contribution < -0.4 is 21.3 Å². The number of carbonyl (C=O) groups excluding carboxylic acids is 3. The van der Waals surface area contributed by atoms with E-state index in [2.05, 4.69) is 19.9 Å². The van der Waals surface area contributed by atoms with E-state index in [-0.39, 0.29) is 29.1 Å². The first-order valence-corrected chi connectivity index (χ1v) is 15.5. The molecule has 246 valence electrons. The molecule has 1 fully saturated rings. The van der Waals surface area contributed by atoms with E-state index >= 15 is 0 Å². The lowest BCUT2D eigenvalue weighted by atomic mass is 9.97. The summed E-state index contributed by atoms with van der Waals surface area (Å²) >= 11 is 0. The zero-order valence-electron chi connectivity index (χ0n) is 26.7. The molecule has 12 nitrogen and oxygen atoms in total. The van der Waals surface area contributed by atoms with Gasteiger partial charge in [-0.05, 0) is 57.9 Å². The number of piperidine rings is 1. The quantitative estimate of drug-likeness (QED) is 0.238. The SMILES string of the molecule is CCN(CC)c1nc(C(N)=O)cc(-c2cccc(F)c2)n1.CCOC(=O)C1CCN(c2nc(C(N)=O)cc(-c3ccccc3)n2)CC1. The van der Waals surface area contributed by atoms with Crippen molar-refractivity contribution >= 4 is 29.7 Å². The molecule has 13 heteroatoms. The largest absolute Gasteiger partial charge is 0.466 e. The highest BCUT2D eigenvalue weighted by Gasteiger charge is 2.28. The fourth-order valence-electron chi connectivity index (χ4n) is 5.04. The van der Waals surface area contributed by atoms with Gasteiger partial charge >= 0.3 is 5.97 Å². The number of hydrogen-bond donors (Lipinski definition) is 2. The topological polar surface area (TPSA) is 171 Å². The van der Waals surface area contributed by atoms with E-state index in [1.54, 1.807) is 25.1 Å². The Bertz CT molecular complexity index is 1690. The first-order valence-electron chi connectivity index (χ1n) is 15.5. The van der Waals surface area contributed by atoms with Crippen molar-refractivity contribution in [3.8, 4) is 22.5 Å². The van der Waals surface area contributed by atoms with Crippen LogP contribution in [0.4, 0.5) is 16.3 Å². The van der Waals surface area contributed by atoms with Crippen LogP contribution in [0.25, 0.3) is 22.5 Å². The first kappa shape index (κ1) is 34.4. The second kappa shape index (κ2) is 16.2. The lowest BCUT2D eigenvalue weighted by molar-refractivity contribution is -0.148. The molecule has 0 bridgehead atoms. The molecule has 2 aromatic heterocycles. The number of rotatable bonds is 10. The molecular formula is C34H39FN8O4. The third-order valence-electron chi connectivity index (χ3n) is 7.57. The highest BCUT2D eigenvalue weighted by Crippen LogP contribution is 2.26. The summed E-state index contributed by atoms with van der Waals surface area (Å²) in [7, 11) is 0. The minimum absolute atomic E-state index is 0.0980. The Morgan fingerprint density at radius 2 is 1.40 bits per heavy atom. The number of ether oxygens (including phenoxy) is 1. The molecule has 2 amide bonds. The van der Waals surface area contributed by atoms with Gasteiger partial charge in [-0.25, -0.2) is 24.3 Å². The number of benzene rings is 2. The van der Waals surface area contributed by atoms with E-state index in [9.17, 15) is 18.8 Å². The van der Waals surface area contributed by atoms with E-state index in [0.717, 1.165) is 5.56 Å². The Morgan fingerprint density at radius 3 is 1.98 bits per heavy atom. The smallest absolute Gasteiger partial charge is 0.309 e. The molecule has 5 rings (SSSR count). The third-order valence-corrected chi connectivity index (χ3v) is 7.57. The Balaban J connectivity index is 0.000000218. The van der Waals surface area contributed by atoms with Gasteiger partial charge in [0.2, 0.25) is 11.9 Å². The summed E-state index contributed by atoms with van der Waals surface area (Å²) in [6.45, 7) is 8.77. The van der Waals surface area contributed by atoms with Crippen molar-refractivity contribution in [2.45, 2.75) is 33.6 Å². The van der Waals surface area contributed by atoms with E-state index in [0.29, 0.717) is 74.5 Å². The van der Waals surface area contributed by atoms with Crippen molar-refractivity contribution in [1.82, 2.24) is 19.9 Å². The minimum atomic E-state index is -0.636. The van der Waals surface area contributed by atoms with Crippen LogP contribution in [0.2, 0.25) is 0 Å². The van der Waals surface area contributed by atoms with Gasteiger partial charge in [0.1, 0.15) is 17.2 Å². The maximum absolute atomic E-state index is 13.4. The lowest BCUT2D eigenvalue weighted by Crippen LogP contribution is -2.38. The monoisotopic (exact) mass is 642 g/mol. The molecule has 4 N–H and O–H groups in total. The van der Waals surface area contributed by atoms with Gasteiger partial charge in [-0.3, -0.25) is 14.4 Å². The van der Waals surface area contributed by atoms with Gasteiger partial charge < -0.3 is 26.0 Å². The second-order valence-corrected chi connectivity index (χ2v) is 10.7. The number of amides is 2. The summed E-state index contributed by atoms with van der Waals surface area (Å²) in [6.07, 6.45) is 1.34. The highest BCUT2D eigenvalue weighted by molar-refractivity contribution is 5.92. The predicted octanol–water partition coefficient (Wildman–Crippen LogP) is 4.25. The van der Waals surface area contributed by atoms with E-state index < -0.39 is 11.8 Å². The number of nitrogens with zero attached hydrogens (tertiary/aromatic N) is 6. The molecular weight excluding hydrogens is 603 g/mol. The van der Waals surface area contributed by atoms with Gasteiger partial charge in [-0.15, -0.1) is 0 Å². The molecule has 0 aliphatic carbocycles. The normalized spacial score (nSPS) is 12.9. The van der Waals surface area contributed by atoms with Gasteiger partial charge in [0.05, 0.1) is 23.9 Å². The highest BCUT2D eigenvalue weighted by atomic mass is 19.1. The molecule has 2 aromatic carbocycles. The molecule has 1 saturated heterocycles. The van der Waals surface area contributed by atoms with E-state index in [1.165, 1.54) is 18.2 Å². The van der Waals surface area contributed by atoms with Crippen molar-refractivity contribution in [3.63, 3.8) is 0 Å². The number of primary amides is 2. The van der Waals surface area contributed by atoms with E-state index in [4.69, 9.17) is 16.2 Å². The van der Waals surface area contributed by atoms with Gasteiger partial charge in [0.25, 0.3) is 11.8 Å². The molecule has 0 atom stereocenters. The molecule has 1 aliphatic heterocycles. The number of hydrogen-bond acceptors (Lipinski definition) is 10. The maximum Gasteiger partial charge on any atom is 0.309 e. The standard InChI is InChI=1S/C19H22N4O3.C15H17FN4O/c1-2-26-18(25)14-8-10-23(11-9-14)19-21-15(12-16(22-19)17(20)24)13-6-4-3-5-7-13;1-3-20(4-2)15-18-12(9-13(19-15)14(17)21)10-6-5-7-11(16)8-10/h3-7,12,14H,2,8-11H2,1H3,(H2,20,24);5-9H,3-4H2,1-2H3,(H2,17,21). The summed E-state index contributed by atoms with van der Waals surface area (Å²) in [5.74, 6) is -0.965. The summed E-state index contributed by atoms with van der Waals surface area (Å²) in [5.41, 5.74) is 13.7. The van der Waals surface area contributed by atoms with Crippen molar-refractivity contribution in [2.24, 2.45) is 17.4 Å². The van der Waals surface area contributed by atoms with Gasteiger partial charge in [-0.1, -0.05) is 42.5 Å². The Hall–Kier alpha value is -5.46. The van der Waals surface area contributed by atoms with E-state index in [1.807, 2.05) is 54.0 Å². The Labute approximate surface area is 273 Å². The number of aromatic nitrogens is 4. The fraction of sp³-hybridized carbons (Fsp3) is 0.324. The number of carbonyl (C=O) groups is 3. The number of nitrogens with two attached hydrogens (primary N) is 2. The third kappa shape index (κ3) is 9.06.